The van der Waals surface area contributed by atoms with Crippen LogP contribution in [0.25, 0.3) is 0 Å². The van der Waals surface area contributed by atoms with Crippen LogP contribution >= 0.6 is 0 Å². The fourth-order valence-corrected chi connectivity index (χ4v) is 1.57. The van der Waals surface area contributed by atoms with Crippen molar-refractivity contribution in [1.82, 2.24) is 5.32 Å². The largest absolute Gasteiger partial charge is 0.481 e. The number of carboxylic acid groups (broad SMARTS) is 1. The number of primary amides is 1. The molecule has 2 amide bonds. The van der Waals surface area contributed by atoms with Crippen molar-refractivity contribution in [3.63, 3.8) is 0 Å². The van der Waals surface area contributed by atoms with Crippen LogP contribution in [0.2, 0.25) is 0 Å². The number of amides is 2. The molecule has 0 saturated heterocycles. The molecule has 98 valence electrons. The van der Waals surface area contributed by atoms with E-state index in [1.807, 2.05) is 0 Å². The minimum Gasteiger partial charge on any atom is -0.481 e. The van der Waals surface area contributed by atoms with E-state index in [2.05, 4.69) is 5.32 Å². The summed E-state index contributed by atoms with van der Waals surface area (Å²) >= 11 is 0. The Bertz CT molecular complexity index is 298. The van der Waals surface area contributed by atoms with Gasteiger partial charge >= 0.3 is 5.97 Å². The second kappa shape index (κ2) is 6.88. The summed E-state index contributed by atoms with van der Waals surface area (Å²) in [5.74, 6) is -1.83. The molecule has 0 bridgehead atoms. The Hall–Kier alpha value is -1.59. The SMILES string of the molecule is CCC(CC)(CC(=O)NCCC(N)=O)C(=O)O. The molecule has 17 heavy (non-hydrogen) atoms. The predicted octanol–water partition coefficient (Wildman–Crippen LogP) is 0.259. The molecule has 0 rings (SSSR count). The van der Waals surface area contributed by atoms with Crippen LogP contribution in [0.1, 0.15) is 39.5 Å². The van der Waals surface area contributed by atoms with E-state index in [1.165, 1.54) is 0 Å². The van der Waals surface area contributed by atoms with Gasteiger partial charge in [-0.25, -0.2) is 0 Å². The lowest BCUT2D eigenvalue weighted by Gasteiger charge is -2.25. The molecule has 0 aliphatic carbocycles. The first-order valence-corrected chi connectivity index (χ1v) is 5.66. The number of nitrogens with two attached hydrogens (primary N) is 1. The zero-order valence-corrected chi connectivity index (χ0v) is 10.3. The number of carbonyl (C=O) groups is 3. The smallest absolute Gasteiger partial charge is 0.310 e. The summed E-state index contributed by atoms with van der Waals surface area (Å²) in [5.41, 5.74) is 3.91. The quantitative estimate of drug-likeness (QED) is 0.568. The van der Waals surface area contributed by atoms with Crippen molar-refractivity contribution in [3.8, 4) is 0 Å². The lowest BCUT2D eigenvalue weighted by Crippen LogP contribution is -2.37. The zero-order chi connectivity index (χ0) is 13.5. The van der Waals surface area contributed by atoms with E-state index in [9.17, 15) is 14.4 Å². The molecule has 0 heterocycles. The maximum absolute atomic E-state index is 11.5. The minimum atomic E-state index is -1.02. The minimum absolute atomic E-state index is 0.0596. The van der Waals surface area contributed by atoms with Gasteiger partial charge in [-0.1, -0.05) is 13.8 Å². The third-order valence-electron chi connectivity index (χ3n) is 3.00. The summed E-state index contributed by atoms with van der Waals surface area (Å²) in [7, 11) is 0. The van der Waals surface area contributed by atoms with Crippen molar-refractivity contribution in [2.45, 2.75) is 39.5 Å². The van der Waals surface area contributed by atoms with Crippen molar-refractivity contribution in [1.29, 1.82) is 0 Å². The summed E-state index contributed by atoms with van der Waals surface area (Å²) in [5, 5.41) is 11.6. The van der Waals surface area contributed by atoms with Gasteiger partial charge in [0, 0.05) is 19.4 Å². The van der Waals surface area contributed by atoms with Gasteiger partial charge in [-0.15, -0.1) is 0 Å². The maximum Gasteiger partial charge on any atom is 0.310 e. The molecule has 0 aliphatic rings. The molecule has 6 heteroatoms. The van der Waals surface area contributed by atoms with Crippen LogP contribution in [0.3, 0.4) is 0 Å². The number of hydrogen-bond acceptors (Lipinski definition) is 3. The Morgan fingerprint density at radius 1 is 1.24 bits per heavy atom. The summed E-state index contributed by atoms with van der Waals surface area (Å²) in [6.07, 6.45) is 0.766. The monoisotopic (exact) mass is 244 g/mol. The van der Waals surface area contributed by atoms with E-state index in [1.54, 1.807) is 13.8 Å². The van der Waals surface area contributed by atoms with Crippen LogP contribution in [0.5, 0.6) is 0 Å². The van der Waals surface area contributed by atoms with Crippen molar-refractivity contribution in [2.24, 2.45) is 11.1 Å². The van der Waals surface area contributed by atoms with E-state index in [-0.39, 0.29) is 25.3 Å². The van der Waals surface area contributed by atoms with Crippen molar-refractivity contribution in [2.75, 3.05) is 6.54 Å². The molecule has 0 aromatic carbocycles. The van der Waals surface area contributed by atoms with Gasteiger partial charge in [0.2, 0.25) is 11.8 Å². The topological polar surface area (TPSA) is 109 Å². The highest BCUT2D eigenvalue weighted by Gasteiger charge is 2.36. The number of rotatable bonds is 8. The van der Waals surface area contributed by atoms with Gasteiger partial charge in [-0.3, -0.25) is 14.4 Å². The first-order valence-electron chi connectivity index (χ1n) is 5.66. The molecule has 0 aromatic rings. The van der Waals surface area contributed by atoms with Crippen LogP contribution in [-0.4, -0.2) is 29.4 Å². The van der Waals surface area contributed by atoms with Gasteiger partial charge < -0.3 is 16.2 Å². The van der Waals surface area contributed by atoms with Crippen LogP contribution < -0.4 is 11.1 Å². The summed E-state index contributed by atoms with van der Waals surface area (Å²) in [6, 6.07) is 0. The maximum atomic E-state index is 11.5. The van der Waals surface area contributed by atoms with E-state index in [4.69, 9.17) is 10.8 Å². The fraction of sp³-hybridized carbons (Fsp3) is 0.727. The molecular weight excluding hydrogens is 224 g/mol. The van der Waals surface area contributed by atoms with Gasteiger partial charge in [0.15, 0.2) is 0 Å². The molecule has 0 aliphatic heterocycles. The molecule has 0 saturated carbocycles. The van der Waals surface area contributed by atoms with Crippen LogP contribution in [0.4, 0.5) is 0 Å². The molecule has 6 nitrogen and oxygen atoms in total. The Kier molecular flexibility index (Phi) is 6.23. The average molecular weight is 244 g/mol. The number of carboxylic acids is 1. The molecule has 0 fully saturated rings. The van der Waals surface area contributed by atoms with E-state index in [0.29, 0.717) is 12.8 Å². The average Bonchev–Trinajstić information content (AvgIpc) is 2.25. The fourth-order valence-electron chi connectivity index (χ4n) is 1.57. The molecule has 4 N–H and O–H groups in total. The molecule has 0 spiro atoms. The van der Waals surface area contributed by atoms with Crippen LogP contribution in [0.15, 0.2) is 0 Å². The Morgan fingerprint density at radius 2 is 1.76 bits per heavy atom. The van der Waals surface area contributed by atoms with Crippen molar-refractivity contribution in [3.05, 3.63) is 0 Å². The second-order valence-electron chi connectivity index (χ2n) is 4.04. The number of hydrogen-bond donors (Lipinski definition) is 3. The van der Waals surface area contributed by atoms with E-state index in [0.717, 1.165) is 0 Å². The molecule has 0 atom stereocenters. The molecular formula is C11H20N2O4. The molecule has 0 unspecified atom stereocenters. The van der Waals surface area contributed by atoms with Crippen molar-refractivity contribution >= 4 is 17.8 Å². The Balaban J connectivity index is 4.32. The Morgan fingerprint density at radius 3 is 2.12 bits per heavy atom. The van der Waals surface area contributed by atoms with Gasteiger partial charge in [-0.05, 0) is 12.8 Å². The van der Waals surface area contributed by atoms with E-state index >= 15 is 0 Å². The number of aliphatic carboxylic acids is 1. The summed E-state index contributed by atoms with van der Waals surface area (Å²) in [6.45, 7) is 3.64. The Labute approximate surface area is 101 Å². The zero-order valence-electron chi connectivity index (χ0n) is 10.3. The molecule has 0 aromatic heterocycles. The second-order valence-corrected chi connectivity index (χ2v) is 4.04. The third-order valence-corrected chi connectivity index (χ3v) is 3.00. The standard InChI is InChI=1S/C11H20N2O4/c1-3-11(4-2,10(16)17)7-9(15)13-6-5-8(12)14/h3-7H2,1-2H3,(H2,12,14)(H,13,15)(H,16,17). The van der Waals surface area contributed by atoms with Gasteiger partial charge in [-0.2, -0.15) is 0 Å². The highest BCUT2D eigenvalue weighted by atomic mass is 16.4. The highest BCUT2D eigenvalue weighted by Crippen LogP contribution is 2.30. The lowest BCUT2D eigenvalue weighted by molar-refractivity contribution is -0.152. The summed E-state index contributed by atoms with van der Waals surface area (Å²) < 4.78 is 0. The highest BCUT2D eigenvalue weighted by molar-refractivity contribution is 5.85. The van der Waals surface area contributed by atoms with Gasteiger partial charge in [0.25, 0.3) is 0 Å². The summed E-state index contributed by atoms with van der Waals surface area (Å²) in [4.78, 5) is 33.1. The normalized spacial score (nSPS) is 10.9. The van der Waals surface area contributed by atoms with Gasteiger partial charge in [0.05, 0.1) is 5.41 Å². The first-order chi connectivity index (χ1) is 7.88. The molecule has 0 radical (unpaired) electrons. The van der Waals surface area contributed by atoms with E-state index < -0.39 is 17.3 Å². The number of nitrogens with one attached hydrogen (secondary N) is 1. The van der Waals surface area contributed by atoms with Crippen LogP contribution in [0, 0.1) is 5.41 Å². The first kappa shape index (κ1) is 15.4. The van der Waals surface area contributed by atoms with Crippen LogP contribution in [-0.2, 0) is 14.4 Å². The number of carbonyl (C=O) groups excluding carboxylic acids is 2. The van der Waals surface area contributed by atoms with Gasteiger partial charge in [0.1, 0.15) is 0 Å². The predicted molar refractivity (Wildman–Crippen MR) is 62.1 cm³/mol. The van der Waals surface area contributed by atoms with Crippen molar-refractivity contribution < 1.29 is 19.5 Å². The lowest BCUT2D eigenvalue weighted by atomic mass is 9.79. The third kappa shape index (κ3) is 4.84.